The van der Waals surface area contributed by atoms with E-state index in [0.717, 1.165) is 33.2 Å². The Morgan fingerprint density at radius 2 is 1.83 bits per heavy atom. The maximum Gasteiger partial charge on any atom is 0.290 e. The number of fused-ring (bicyclic) bond motifs is 1. The van der Waals surface area contributed by atoms with Gasteiger partial charge in [0.2, 0.25) is 0 Å². The minimum absolute atomic E-state index is 0.188. The molecule has 0 aliphatic heterocycles. The van der Waals surface area contributed by atoms with E-state index >= 15 is 0 Å². The average molecular weight is 408 g/mol. The Morgan fingerprint density at radius 1 is 1.03 bits per heavy atom. The van der Waals surface area contributed by atoms with Crippen LogP contribution in [0.2, 0.25) is 5.02 Å². The predicted octanol–water partition coefficient (Wildman–Crippen LogP) is 6.45. The van der Waals surface area contributed by atoms with Crippen molar-refractivity contribution < 1.29 is 13.6 Å². The Bertz CT molecular complexity index is 1170. The second-order valence-electron chi connectivity index (χ2n) is 7.34. The summed E-state index contributed by atoms with van der Waals surface area (Å²) in [5, 5.41) is 1.62. The second-order valence-corrected chi connectivity index (χ2v) is 7.75. The third-order valence-electron chi connectivity index (χ3n) is 5.10. The molecule has 4 rings (SSSR count). The summed E-state index contributed by atoms with van der Waals surface area (Å²) in [4.78, 5) is 15.2. The van der Waals surface area contributed by atoms with E-state index < -0.39 is 0 Å². The lowest BCUT2D eigenvalue weighted by Crippen LogP contribution is -2.30. The number of carbonyl (C=O) groups is 1. The number of hydrogen-bond acceptors (Lipinski definition) is 3. The Morgan fingerprint density at radius 3 is 2.55 bits per heavy atom. The third-order valence-corrected chi connectivity index (χ3v) is 5.47. The zero-order valence-corrected chi connectivity index (χ0v) is 17.4. The van der Waals surface area contributed by atoms with Crippen LogP contribution in [-0.2, 0) is 13.1 Å². The van der Waals surface area contributed by atoms with Crippen LogP contribution in [0.3, 0.4) is 0 Å². The summed E-state index contributed by atoms with van der Waals surface area (Å²) in [7, 11) is 0. The Kier molecular flexibility index (Phi) is 5.20. The summed E-state index contributed by atoms with van der Waals surface area (Å²) in [5.41, 5.74) is 4.66. The minimum Gasteiger partial charge on any atom is -0.467 e. The maximum absolute atomic E-state index is 13.5. The standard InChI is InChI=1S/C24H22ClNO3/c1-15-11-16(2)22-17(3)23(29-21(22)12-15)24(27)26(14-19-8-6-10-28-19)13-18-7-4-5-9-20(18)25/h4-12H,13-14H2,1-3H3. The SMILES string of the molecule is Cc1cc(C)c2c(C)c(C(=O)N(Cc3ccco3)Cc3ccccc3Cl)oc2c1. The largest absolute Gasteiger partial charge is 0.467 e. The Labute approximate surface area is 174 Å². The molecule has 0 spiro atoms. The molecule has 29 heavy (non-hydrogen) atoms. The van der Waals surface area contributed by atoms with Crippen molar-refractivity contribution in [3.8, 4) is 0 Å². The highest BCUT2D eigenvalue weighted by molar-refractivity contribution is 6.31. The fourth-order valence-electron chi connectivity index (χ4n) is 3.76. The molecule has 0 bridgehead atoms. The third kappa shape index (κ3) is 3.81. The van der Waals surface area contributed by atoms with Gasteiger partial charge in [-0.05, 0) is 61.7 Å². The zero-order chi connectivity index (χ0) is 20.5. The van der Waals surface area contributed by atoms with Gasteiger partial charge in [0.15, 0.2) is 5.76 Å². The first-order valence-electron chi connectivity index (χ1n) is 9.49. The highest BCUT2D eigenvalue weighted by atomic mass is 35.5. The van der Waals surface area contributed by atoms with E-state index in [1.165, 1.54) is 0 Å². The molecule has 0 aliphatic carbocycles. The van der Waals surface area contributed by atoms with Gasteiger partial charge in [0.1, 0.15) is 11.3 Å². The van der Waals surface area contributed by atoms with Gasteiger partial charge in [-0.1, -0.05) is 35.9 Å². The van der Waals surface area contributed by atoms with Crippen molar-refractivity contribution in [3.63, 3.8) is 0 Å². The van der Waals surface area contributed by atoms with E-state index in [4.69, 9.17) is 20.4 Å². The van der Waals surface area contributed by atoms with Gasteiger partial charge in [-0.25, -0.2) is 0 Å². The molecule has 0 radical (unpaired) electrons. The van der Waals surface area contributed by atoms with E-state index in [-0.39, 0.29) is 5.91 Å². The molecule has 0 saturated carbocycles. The molecule has 2 heterocycles. The van der Waals surface area contributed by atoms with Crippen molar-refractivity contribution in [2.75, 3.05) is 0 Å². The van der Waals surface area contributed by atoms with Gasteiger partial charge in [-0.3, -0.25) is 4.79 Å². The van der Waals surface area contributed by atoms with E-state index in [9.17, 15) is 4.79 Å². The maximum atomic E-state index is 13.5. The number of nitrogens with zero attached hydrogens (tertiary/aromatic N) is 1. The van der Waals surface area contributed by atoms with Crippen molar-refractivity contribution in [3.05, 3.63) is 93.6 Å². The van der Waals surface area contributed by atoms with Crippen molar-refractivity contribution in [1.29, 1.82) is 0 Å². The average Bonchev–Trinajstić information content (AvgIpc) is 3.30. The molecule has 2 aromatic heterocycles. The second kappa shape index (κ2) is 7.80. The molecule has 0 saturated heterocycles. The number of aryl methyl sites for hydroxylation is 3. The lowest BCUT2D eigenvalue weighted by molar-refractivity contribution is 0.0686. The highest BCUT2D eigenvalue weighted by Gasteiger charge is 2.25. The molecule has 5 heteroatoms. The van der Waals surface area contributed by atoms with Gasteiger partial charge in [-0.15, -0.1) is 0 Å². The normalized spacial score (nSPS) is 11.2. The van der Waals surface area contributed by atoms with E-state index in [0.29, 0.717) is 29.6 Å². The summed E-state index contributed by atoms with van der Waals surface area (Å²) < 4.78 is 11.5. The van der Waals surface area contributed by atoms with Crippen LogP contribution in [0.1, 0.15) is 38.6 Å². The molecule has 0 fully saturated rings. The van der Waals surface area contributed by atoms with Crippen LogP contribution >= 0.6 is 11.6 Å². The topological polar surface area (TPSA) is 46.6 Å². The van der Waals surface area contributed by atoms with Crippen LogP contribution in [0.4, 0.5) is 0 Å². The lowest BCUT2D eigenvalue weighted by atomic mass is 10.0. The number of amides is 1. The number of rotatable bonds is 5. The first-order valence-corrected chi connectivity index (χ1v) is 9.87. The summed E-state index contributed by atoms with van der Waals surface area (Å²) in [6.07, 6.45) is 1.60. The quantitative estimate of drug-likeness (QED) is 0.382. The Hall–Kier alpha value is -2.98. The molecule has 4 aromatic rings. The number of carbonyl (C=O) groups excluding carboxylic acids is 1. The van der Waals surface area contributed by atoms with Gasteiger partial charge in [0.25, 0.3) is 5.91 Å². The molecule has 0 unspecified atom stereocenters. The molecule has 0 atom stereocenters. The minimum atomic E-state index is -0.188. The molecular weight excluding hydrogens is 386 g/mol. The first kappa shape index (κ1) is 19.3. The van der Waals surface area contributed by atoms with Crippen LogP contribution in [0.5, 0.6) is 0 Å². The lowest BCUT2D eigenvalue weighted by Gasteiger charge is -2.21. The van der Waals surface area contributed by atoms with Crippen molar-refractivity contribution in [2.45, 2.75) is 33.9 Å². The Balaban J connectivity index is 1.75. The zero-order valence-electron chi connectivity index (χ0n) is 16.7. The van der Waals surface area contributed by atoms with E-state index in [1.807, 2.05) is 63.2 Å². The molecule has 0 aliphatic rings. The van der Waals surface area contributed by atoms with Crippen LogP contribution in [0.25, 0.3) is 11.0 Å². The van der Waals surface area contributed by atoms with Crippen LogP contribution in [0, 0.1) is 20.8 Å². The molecule has 2 aromatic carbocycles. The summed E-state index contributed by atoms with van der Waals surface area (Å²) in [6.45, 7) is 6.67. The smallest absolute Gasteiger partial charge is 0.290 e. The van der Waals surface area contributed by atoms with Gasteiger partial charge in [-0.2, -0.15) is 0 Å². The van der Waals surface area contributed by atoms with Crippen molar-refractivity contribution >= 4 is 28.5 Å². The number of halogens is 1. The molecule has 148 valence electrons. The number of furan rings is 2. The van der Waals surface area contributed by atoms with E-state index in [1.54, 1.807) is 11.2 Å². The molecule has 1 amide bonds. The predicted molar refractivity (Wildman–Crippen MR) is 114 cm³/mol. The number of benzene rings is 2. The summed E-state index contributed by atoms with van der Waals surface area (Å²) in [5.74, 6) is 0.866. The fourth-order valence-corrected chi connectivity index (χ4v) is 3.96. The van der Waals surface area contributed by atoms with Crippen LogP contribution in [-0.4, -0.2) is 10.8 Å². The van der Waals surface area contributed by atoms with Gasteiger partial charge >= 0.3 is 0 Å². The van der Waals surface area contributed by atoms with Gasteiger partial charge in [0.05, 0.1) is 12.8 Å². The van der Waals surface area contributed by atoms with Crippen LogP contribution in [0.15, 0.2) is 63.6 Å². The summed E-state index contributed by atoms with van der Waals surface area (Å²) >= 11 is 6.35. The van der Waals surface area contributed by atoms with Gasteiger partial charge in [0, 0.05) is 22.5 Å². The molecular formula is C24H22ClNO3. The van der Waals surface area contributed by atoms with Crippen molar-refractivity contribution in [1.82, 2.24) is 4.90 Å². The van der Waals surface area contributed by atoms with Crippen molar-refractivity contribution in [2.24, 2.45) is 0 Å². The summed E-state index contributed by atoms with van der Waals surface area (Å²) in [6, 6.07) is 15.3. The first-order chi connectivity index (χ1) is 13.9. The molecule has 0 N–H and O–H groups in total. The van der Waals surface area contributed by atoms with E-state index in [2.05, 4.69) is 6.07 Å². The van der Waals surface area contributed by atoms with Gasteiger partial charge < -0.3 is 13.7 Å². The highest BCUT2D eigenvalue weighted by Crippen LogP contribution is 2.31. The fraction of sp³-hybridized carbons (Fsp3) is 0.208. The van der Waals surface area contributed by atoms with Crippen LogP contribution < -0.4 is 0 Å². The molecule has 4 nitrogen and oxygen atoms in total. The number of hydrogen-bond donors (Lipinski definition) is 0. The monoisotopic (exact) mass is 407 g/mol.